The van der Waals surface area contributed by atoms with Crippen LogP contribution in [-0.2, 0) is 9.59 Å². The van der Waals surface area contributed by atoms with Crippen molar-refractivity contribution in [2.45, 2.75) is 27.2 Å². The van der Waals surface area contributed by atoms with Crippen LogP contribution >= 0.6 is 0 Å². The Labute approximate surface area is 159 Å². The van der Waals surface area contributed by atoms with Gasteiger partial charge in [0.05, 0.1) is 6.61 Å². The molecule has 27 heavy (non-hydrogen) atoms. The average Bonchev–Trinajstić information content (AvgIpc) is 2.67. The normalized spacial score (nSPS) is 10.4. The number of hydrogen-bond donors (Lipinski definition) is 2. The number of anilines is 2. The van der Waals surface area contributed by atoms with Crippen molar-refractivity contribution in [2.24, 2.45) is 5.92 Å². The Hall–Kier alpha value is -3.02. The molecule has 2 amide bonds. The Morgan fingerprint density at radius 3 is 1.89 bits per heavy atom. The Bertz CT molecular complexity index is 740. The van der Waals surface area contributed by atoms with Crippen LogP contribution in [0.5, 0.6) is 11.5 Å². The van der Waals surface area contributed by atoms with Gasteiger partial charge in [-0.3, -0.25) is 9.59 Å². The molecule has 0 aliphatic carbocycles. The summed E-state index contributed by atoms with van der Waals surface area (Å²) in [7, 11) is 0. The van der Waals surface area contributed by atoms with E-state index in [2.05, 4.69) is 10.6 Å². The predicted octanol–water partition coefficient (Wildman–Crippen LogP) is 4.09. The van der Waals surface area contributed by atoms with Gasteiger partial charge in [0.25, 0.3) is 5.91 Å². The Morgan fingerprint density at radius 2 is 1.37 bits per heavy atom. The first-order valence-electron chi connectivity index (χ1n) is 9.04. The Kier molecular flexibility index (Phi) is 7.67. The SMILES string of the molecule is CCCOc1ccc(OCC(=O)Nc2ccc(NC(=O)C(C)C)cc2)cc1. The standard InChI is InChI=1S/C21H26N2O4/c1-4-13-26-18-9-11-19(12-10-18)27-14-20(24)22-16-5-7-17(8-6-16)23-21(25)15(2)3/h5-12,15H,4,13-14H2,1-3H3,(H,22,24)(H,23,25). The van der Waals surface area contributed by atoms with Gasteiger partial charge in [0.2, 0.25) is 5.91 Å². The quantitative estimate of drug-likeness (QED) is 0.697. The van der Waals surface area contributed by atoms with Gasteiger partial charge in [-0.25, -0.2) is 0 Å². The minimum atomic E-state index is -0.264. The maximum atomic E-state index is 12.0. The maximum absolute atomic E-state index is 12.0. The second-order valence-electron chi connectivity index (χ2n) is 6.38. The zero-order valence-electron chi connectivity index (χ0n) is 16.0. The van der Waals surface area contributed by atoms with E-state index >= 15 is 0 Å². The molecule has 0 fully saturated rings. The molecule has 2 aromatic carbocycles. The molecule has 2 N–H and O–H groups in total. The summed E-state index contributed by atoms with van der Waals surface area (Å²) < 4.78 is 11.0. The summed E-state index contributed by atoms with van der Waals surface area (Å²) in [5.74, 6) is 0.972. The van der Waals surface area contributed by atoms with E-state index in [-0.39, 0.29) is 24.3 Å². The van der Waals surface area contributed by atoms with Crippen molar-refractivity contribution in [3.05, 3.63) is 48.5 Å². The molecule has 0 atom stereocenters. The molecule has 0 unspecified atom stereocenters. The average molecular weight is 370 g/mol. The lowest BCUT2D eigenvalue weighted by Crippen LogP contribution is -2.20. The molecule has 0 bridgehead atoms. The zero-order valence-corrected chi connectivity index (χ0v) is 16.0. The largest absolute Gasteiger partial charge is 0.494 e. The third kappa shape index (κ3) is 7.01. The first-order valence-corrected chi connectivity index (χ1v) is 9.04. The number of ether oxygens (including phenoxy) is 2. The van der Waals surface area contributed by atoms with E-state index in [1.165, 1.54) is 0 Å². The zero-order chi connectivity index (χ0) is 19.6. The second kappa shape index (κ2) is 10.2. The number of carbonyl (C=O) groups is 2. The van der Waals surface area contributed by atoms with Crippen molar-refractivity contribution in [3.8, 4) is 11.5 Å². The summed E-state index contributed by atoms with van der Waals surface area (Å²) in [6.45, 7) is 6.28. The lowest BCUT2D eigenvalue weighted by atomic mass is 10.2. The number of carbonyl (C=O) groups excluding carboxylic acids is 2. The topological polar surface area (TPSA) is 76.7 Å². The van der Waals surface area contributed by atoms with Gasteiger partial charge in [0.15, 0.2) is 6.61 Å². The summed E-state index contributed by atoms with van der Waals surface area (Å²) in [6, 6.07) is 14.1. The molecule has 6 nitrogen and oxygen atoms in total. The minimum Gasteiger partial charge on any atom is -0.494 e. The fraction of sp³-hybridized carbons (Fsp3) is 0.333. The molecule has 2 rings (SSSR count). The summed E-state index contributed by atoms with van der Waals surface area (Å²) in [5.41, 5.74) is 1.32. The Morgan fingerprint density at radius 1 is 0.852 bits per heavy atom. The fourth-order valence-electron chi connectivity index (χ4n) is 2.12. The van der Waals surface area contributed by atoms with Crippen molar-refractivity contribution in [3.63, 3.8) is 0 Å². The van der Waals surface area contributed by atoms with Crippen LogP contribution < -0.4 is 20.1 Å². The van der Waals surface area contributed by atoms with Gasteiger partial charge in [-0.05, 0) is 55.0 Å². The molecule has 0 heterocycles. The summed E-state index contributed by atoms with van der Waals surface area (Å²) >= 11 is 0. The maximum Gasteiger partial charge on any atom is 0.262 e. The van der Waals surface area contributed by atoms with Crippen LogP contribution in [0, 0.1) is 5.92 Å². The lowest BCUT2D eigenvalue weighted by Gasteiger charge is -2.10. The molecule has 0 spiro atoms. The van der Waals surface area contributed by atoms with Crippen LogP contribution in [0.3, 0.4) is 0 Å². The summed E-state index contributed by atoms with van der Waals surface area (Å²) in [4.78, 5) is 23.7. The van der Waals surface area contributed by atoms with Crippen LogP contribution in [0.4, 0.5) is 11.4 Å². The predicted molar refractivity (Wildman–Crippen MR) is 106 cm³/mol. The number of hydrogen-bond acceptors (Lipinski definition) is 4. The first kappa shape index (κ1) is 20.3. The molecular weight excluding hydrogens is 344 g/mol. The highest BCUT2D eigenvalue weighted by Crippen LogP contribution is 2.18. The summed E-state index contributed by atoms with van der Waals surface area (Å²) in [6.07, 6.45) is 0.948. The molecule has 0 aliphatic heterocycles. The van der Waals surface area contributed by atoms with Crippen LogP contribution in [0.25, 0.3) is 0 Å². The monoisotopic (exact) mass is 370 g/mol. The molecule has 0 saturated heterocycles. The van der Waals surface area contributed by atoms with Crippen molar-refractivity contribution in [1.29, 1.82) is 0 Å². The molecule has 0 saturated carbocycles. The third-order valence-electron chi connectivity index (χ3n) is 3.63. The van der Waals surface area contributed by atoms with E-state index in [1.54, 1.807) is 36.4 Å². The van der Waals surface area contributed by atoms with Crippen molar-refractivity contribution < 1.29 is 19.1 Å². The van der Waals surface area contributed by atoms with Gasteiger partial charge >= 0.3 is 0 Å². The molecular formula is C21H26N2O4. The number of amides is 2. The minimum absolute atomic E-state index is 0.0497. The second-order valence-corrected chi connectivity index (χ2v) is 6.38. The highest BCUT2D eigenvalue weighted by Gasteiger charge is 2.08. The lowest BCUT2D eigenvalue weighted by molar-refractivity contribution is -0.119. The van der Waals surface area contributed by atoms with Crippen molar-refractivity contribution >= 4 is 23.2 Å². The first-order chi connectivity index (χ1) is 13.0. The van der Waals surface area contributed by atoms with Crippen LogP contribution in [-0.4, -0.2) is 25.0 Å². The van der Waals surface area contributed by atoms with Crippen LogP contribution in [0.15, 0.2) is 48.5 Å². The van der Waals surface area contributed by atoms with Crippen LogP contribution in [0.1, 0.15) is 27.2 Å². The van der Waals surface area contributed by atoms with Gasteiger partial charge in [0.1, 0.15) is 11.5 Å². The number of nitrogens with one attached hydrogen (secondary N) is 2. The van der Waals surface area contributed by atoms with Crippen molar-refractivity contribution in [1.82, 2.24) is 0 Å². The third-order valence-corrected chi connectivity index (χ3v) is 3.63. The smallest absolute Gasteiger partial charge is 0.262 e. The van der Waals surface area contributed by atoms with E-state index in [1.807, 2.05) is 32.9 Å². The van der Waals surface area contributed by atoms with Gasteiger partial charge < -0.3 is 20.1 Å². The molecule has 6 heteroatoms. The van der Waals surface area contributed by atoms with E-state index in [0.29, 0.717) is 23.7 Å². The van der Waals surface area contributed by atoms with Gasteiger partial charge in [-0.15, -0.1) is 0 Å². The van der Waals surface area contributed by atoms with Gasteiger partial charge in [0, 0.05) is 17.3 Å². The van der Waals surface area contributed by atoms with Gasteiger partial charge in [-0.2, -0.15) is 0 Å². The molecule has 0 aromatic heterocycles. The highest BCUT2D eigenvalue weighted by molar-refractivity contribution is 5.94. The summed E-state index contributed by atoms with van der Waals surface area (Å²) in [5, 5.41) is 5.55. The molecule has 0 radical (unpaired) electrons. The highest BCUT2D eigenvalue weighted by atomic mass is 16.5. The number of benzene rings is 2. The van der Waals surface area contributed by atoms with E-state index in [9.17, 15) is 9.59 Å². The van der Waals surface area contributed by atoms with Crippen LogP contribution in [0.2, 0.25) is 0 Å². The van der Waals surface area contributed by atoms with E-state index < -0.39 is 0 Å². The molecule has 144 valence electrons. The molecule has 2 aromatic rings. The van der Waals surface area contributed by atoms with Gasteiger partial charge in [-0.1, -0.05) is 20.8 Å². The molecule has 0 aliphatic rings. The van der Waals surface area contributed by atoms with E-state index in [0.717, 1.165) is 12.2 Å². The Balaban J connectivity index is 1.79. The fourth-order valence-corrected chi connectivity index (χ4v) is 2.12. The van der Waals surface area contributed by atoms with Crippen molar-refractivity contribution in [2.75, 3.05) is 23.8 Å². The van der Waals surface area contributed by atoms with E-state index in [4.69, 9.17) is 9.47 Å². The number of rotatable bonds is 9.